The maximum Gasteiger partial charge on any atom is 0.261 e. The molecule has 1 aliphatic rings. The van der Waals surface area contributed by atoms with Gasteiger partial charge in [-0.2, -0.15) is 0 Å². The summed E-state index contributed by atoms with van der Waals surface area (Å²) in [7, 11) is 0. The van der Waals surface area contributed by atoms with Crippen LogP contribution in [-0.2, 0) is 0 Å². The summed E-state index contributed by atoms with van der Waals surface area (Å²) in [4.78, 5) is 37.2. The van der Waals surface area contributed by atoms with Gasteiger partial charge in [0.2, 0.25) is 0 Å². The number of hydrogen-bond donors (Lipinski definition) is 2. The van der Waals surface area contributed by atoms with Crippen molar-refractivity contribution in [3.63, 3.8) is 0 Å². The van der Waals surface area contributed by atoms with Gasteiger partial charge >= 0.3 is 0 Å². The molecule has 2 aromatic heterocycles. The van der Waals surface area contributed by atoms with Crippen molar-refractivity contribution in [3.8, 4) is 0 Å². The number of aromatic amines is 2. The lowest BCUT2D eigenvalue weighted by Gasteiger charge is -2.23. The van der Waals surface area contributed by atoms with E-state index in [9.17, 15) is 9.59 Å². The highest BCUT2D eigenvalue weighted by atomic mass is 16.2. The van der Waals surface area contributed by atoms with Crippen LogP contribution in [0.25, 0.3) is 0 Å². The summed E-state index contributed by atoms with van der Waals surface area (Å²) in [6.07, 6.45) is 3.54. The fraction of sp³-hybridized carbons (Fsp3) is 0.471. The van der Waals surface area contributed by atoms with Crippen molar-refractivity contribution >= 4 is 5.91 Å². The smallest absolute Gasteiger partial charge is 0.261 e. The number of aryl methyl sites for hydroxylation is 1. The zero-order valence-corrected chi connectivity index (χ0v) is 13.7. The Labute approximate surface area is 134 Å². The predicted octanol–water partition coefficient (Wildman–Crippen LogP) is 2.51. The molecule has 6 heteroatoms. The van der Waals surface area contributed by atoms with Gasteiger partial charge in [-0.05, 0) is 37.8 Å². The fourth-order valence-corrected chi connectivity index (χ4v) is 3.05. The molecule has 3 heterocycles. The molecule has 1 saturated heterocycles. The molecule has 0 spiro atoms. The second kappa shape index (κ2) is 6.02. The molecule has 23 heavy (non-hydrogen) atoms. The highest BCUT2D eigenvalue weighted by Crippen LogP contribution is 2.31. The Bertz CT molecular complexity index is 775. The minimum Gasteiger partial charge on any atom is -0.344 e. The highest BCUT2D eigenvalue weighted by molar-refractivity contribution is 5.94. The average molecular weight is 314 g/mol. The number of hydrogen-bond acceptors (Lipinski definition) is 3. The molecule has 0 saturated carbocycles. The Morgan fingerprint density at radius 3 is 2.74 bits per heavy atom. The Morgan fingerprint density at radius 2 is 2.13 bits per heavy atom. The van der Waals surface area contributed by atoms with Crippen molar-refractivity contribution in [2.75, 3.05) is 6.54 Å². The number of pyridine rings is 1. The van der Waals surface area contributed by atoms with E-state index in [0.29, 0.717) is 6.54 Å². The molecule has 0 aliphatic carbocycles. The van der Waals surface area contributed by atoms with Crippen molar-refractivity contribution in [3.05, 3.63) is 51.5 Å². The van der Waals surface area contributed by atoms with E-state index in [4.69, 9.17) is 0 Å². The van der Waals surface area contributed by atoms with Crippen LogP contribution in [0.4, 0.5) is 0 Å². The largest absolute Gasteiger partial charge is 0.344 e. The minimum absolute atomic E-state index is 0.0830. The van der Waals surface area contributed by atoms with Gasteiger partial charge in [0, 0.05) is 24.1 Å². The Kier molecular flexibility index (Phi) is 4.07. The minimum atomic E-state index is -0.317. The van der Waals surface area contributed by atoms with Gasteiger partial charge in [0.15, 0.2) is 0 Å². The lowest BCUT2D eigenvalue weighted by Crippen LogP contribution is -2.35. The second-order valence-corrected chi connectivity index (χ2v) is 6.42. The molecule has 122 valence electrons. The number of H-pyrrole nitrogens is 2. The first kappa shape index (κ1) is 15.5. The summed E-state index contributed by atoms with van der Waals surface area (Å²) in [6, 6.07) is 3.38. The summed E-state index contributed by atoms with van der Waals surface area (Å²) in [5.74, 6) is 0.791. The van der Waals surface area contributed by atoms with Gasteiger partial charge in [-0.1, -0.05) is 13.8 Å². The monoisotopic (exact) mass is 314 g/mol. The van der Waals surface area contributed by atoms with Gasteiger partial charge in [-0.3, -0.25) is 9.59 Å². The third-order valence-corrected chi connectivity index (χ3v) is 4.34. The molecule has 1 fully saturated rings. The van der Waals surface area contributed by atoms with Crippen molar-refractivity contribution in [2.24, 2.45) is 0 Å². The Morgan fingerprint density at radius 1 is 1.35 bits per heavy atom. The van der Waals surface area contributed by atoms with Crippen molar-refractivity contribution < 1.29 is 4.79 Å². The topological polar surface area (TPSA) is 81.8 Å². The SMILES string of the molecule is Cc1cnc([C@H]2CCCN2C(=O)c2ccc(C(C)C)[nH]c2=O)[nH]1. The molecule has 0 aromatic carbocycles. The average Bonchev–Trinajstić information content (AvgIpc) is 3.14. The molecule has 1 amide bonds. The van der Waals surface area contributed by atoms with Crippen LogP contribution in [0.3, 0.4) is 0 Å². The van der Waals surface area contributed by atoms with Gasteiger partial charge in [-0.15, -0.1) is 0 Å². The van der Waals surface area contributed by atoms with Gasteiger partial charge in [0.05, 0.1) is 6.04 Å². The first-order valence-electron chi connectivity index (χ1n) is 8.03. The molecule has 1 aliphatic heterocycles. The number of amides is 1. The van der Waals surface area contributed by atoms with E-state index in [1.54, 1.807) is 17.2 Å². The van der Waals surface area contributed by atoms with Gasteiger partial charge in [-0.25, -0.2) is 4.98 Å². The number of aromatic nitrogens is 3. The van der Waals surface area contributed by atoms with Gasteiger partial charge in [0.1, 0.15) is 11.4 Å². The summed E-state index contributed by atoms with van der Waals surface area (Å²) < 4.78 is 0. The number of likely N-dealkylation sites (tertiary alicyclic amines) is 1. The normalized spacial score (nSPS) is 17.9. The molecule has 2 aromatic rings. The lowest BCUT2D eigenvalue weighted by molar-refractivity contribution is 0.0728. The van der Waals surface area contributed by atoms with E-state index in [2.05, 4.69) is 15.0 Å². The first-order valence-corrected chi connectivity index (χ1v) is 8.03. The van der Waals surface area contributed by atoms with Crippen LogP contribution < -0.4 is 5.56 Å². The van der Waals surface area contributed by atoms with Crippen LogP contribution in [0.15, 0.2) is 23.1 Å². The number of rotatable bonds is 3. The number of imidazole rings is 1. The zero-order chi connectivity index (χ0) is 16.6. The van der Waals surface area contributed by atoms with Crippen molar-refractivity contribution in [2.45, 2.75) is 45.6 Å². The predicted molar refractivity (Wildman–Crippen MR) is 87.5 cm³/mol. The van der Waals surface area contributed by atoms with E-state index < -0.39 is 0 Å². The maximum absolute atomic E-state index is 12.8. The molecule has 0 unspecified atom stereocenters. The van der Waals surface area contributed by atoms with Crippen LogP contribution in [0, 0.1) is 6.92 Å². The third kappa shape index (κ3) is 2.93. The van der Waals surface area contributed by atoms with Crippen LogP contribution in [0.5, 0.6) is 0 Å². The van der Waals surface area contributed by atoms with Crippen molar-refractivity contribution in [1.82, 2.24) is 19.9 Å². The highest BCUT2D eigenvalue weighted by Gasteiger charge is 2.33. The van der Waals surface area contributed by atoms with Crippen LogP contribution in [-0.4, -0.2) is 32.3 Å². The molecule has 1 atom stereocenters. The molecule has 2 N–H and O–H groups in total. The number of carbonyl (C=O) groups excluding carboxylic acids is 1. The van der Waals surface area contributed by atoms with E-state index in [1.807, 2.05) is 26.8 Å². The summed E-state index contributed by atoms with van der Waals surface area (Å²) in [5, 5.41) is 0. The van der Waals surface area contributed by atoms with Gasteiger partial charge in [0.25, 0.3) is 11.5 Å². The summed E-state index contributed by atoms with van der Waals surface area (Å²) in [5.41, 5.74) is 1.69. The maximum atomic E-state index is 12.8. The molecule has 0 bridgehead atoms. The first-order chi connectivity index (χ1) is 11.0. The van der Waals surface area contributed by atoms with E-state index >= 15 is 0 Å². The standard InChI is InChI=1S/C17H22N4O2/c1-10(2)13-7-6-12(16(22)20-13)17(23)21-8-4-5-14(21)15-18-9-11(3)19-15/h6-7,9-10,14H,4-5,8H2,1-3H3,(H,18,19)(H,20,22)/t14-/m1/s1. The van der Waals surface area contributed by atoms with Gasteiger partial charge < -0.3 is 14.9 Å². The zero-order valence-electron chi connectivity index (χ0n) is 13.7. The lowest BCUT2D eigenvalue weighted by atomic mass is 10.1. The van der Waals surface area contributed by atoms with Crippen LogP contribution in [0.2, 0.25) is 0 Å². The second-order valence-electron chi connectivity index (χ2n) is 6.42. The molecule has 0 radical (unpaired) electrons. The van der Waals surface area contributed by atoms with E-state index in [0.717, 1.165) is 30.1 Å². The molecular formula is C17H22N4O2. The van der Waals surface area contributed by atoms with Crippen LogP contribution in [0.1, 0.15) is 66.2 Å². The molecule has 6 nitrogen and oxygen atoms in total. The van der Waals surface area contributed by atoms with Crippen molar-refractivity contribution in [1.29, 1.82) is 0 Å². The quantitative estimate of drug-likeness (QED) is 0.913. The Hall–Kier alpha value is -2.37. The number of nitrogens with zero attached hydrogens (tertiary/aromatic N) is 2. The third-order valence-electron chi connectivity index (χ3n) is 4.34. The number of nitrogens with one attached hydrogen (secondary N) is 2. The van der Waals surface area contributed by atoms with Crippen LogP contribution >= 0.6 is 0 Å². The number of carbonyl (C=O) groups is 1. The summed E-state index contributed by atoms with van der Waals surface area (Å²) in [6.45, 7) is 6.59. The van der Waals surface area contributed by atoms with E-state index in [1.165, 1.54) is 0 Å². The summed E-state index contributed by atoms with van der Waals surface area (Å²) >= 11 is 0. The van der Waals surface area contributed by atoms with E-state index in [-0.39, 0.29) is 29.0 Å². The Balaban J connectivity index is 1.89. The molecule has 3 rings (SSSR count). The fourth-order valence-electron chi connectivity index (χ4n) is 3.05. The molecular weight excluding hydrogens is 292 g/mol.